The normalized spacial score (nSPS) is 20.8. The largest absolute Gasteiger partial charge is 0.487 e. The zero-order valence-corrected chi connectivity index (χ0v) is 11.7. The lowest BCUT2D eigenvalue weighted by Crippen LogP contribution is -2.28. The van der Waals surface area contributed by atoms with Gasteiger partial charge in [0, 0.05) is 17.6 Å². The number of aliphatic hydroxyl groups is 1. The summed E-state index contributed by atoms with van der Waals surface area (Å²) in [5.74, 6) is 0.800. The molecular weight excluding hydrogens is 252 g/mol. The van der Waals surface area contributed by atoms with Crippen molar-refractivity contribution in [3.63, 3.8) is 0 Å². The van der Waals surface area contributed by atoms with Gasteiger partial charge in [0.1, 0.15) is 11.9 Å². The molecular formula is C17H20O3. The van der Waals surface area contributed by atoms with Gasteiger partial charge in [-0.15, -0.1) is 0 Å². The molecule has 2 aromatic rings. The third-order valence-electron chi connectivity index (χ3n) is 3.76. The van der Waals surface area contributed by atoms with Crippen LogP contribution in [0, 0.1) is 0 Å². The van der Waals surface area contributed by atoms with E-state index in [0.717, 1.165) is 41.5 Å². The maximum atomic E-state index is 9.98. The number of hydrogen-bond acceptors (Lipinski definition) is 3. The molecule has 1 aliphatic heterocycles. The molecule has 2 aromatic carbocycles. The van der Waals surface area contributed by atoms with E-state index in [2.05, 4.69) is 6.07 Å². The molecule has 0 radical (unpaired) electrons. The van der Waals surface area contributed by atoms with Crippen LogP contribution in [0.4, 0.5) is 0 Å². The first-order chi connectivity index (χ1) is 9.75. The molecule has 2 atom stereocenters. The molecule has 0 spiro atoms. The van der Waals surface area contributed by atoms with Crippen molar-refractivity contribution in [3.8, 4) is 5.75 Å². The van der Waals surface area contributed by atoms with Gasteiger partial charge in [0.25, 0.3) is 0 Å². The van der Waals surface area contributed by atoms with Crippen LogP contribution in [0.3, 0.4) is 0 Å². The fraction of sp³-hybridized carbons (Fsp3) is 0.412. The summed E-state index contributed by atoms with van der Waals surface area (Å²) in [5.41, 5.74) is 0.842. The van der Waals surface area contributed by atoms with E-state index in [0.29, 0.717) is 6.61 Å². The highest BCUT2D eigenvalue weighted by molar-refractivity contribution is 5.89. The van der Waals surface area contributed by atoms with Gasteiger partial charge in [-0.3, -0.25) is 0 Å². The van der Waals surface area contributed by atoms with Gasteiger partial charge in [-0.05, 0) is 25.2 Å². The molecule has 0 saturated carbocycles. The molecule has 106 valence electrons. The average Bonchev–Trinajstić information content (AvgIpc) is 2.48. The fourth-order valence-electron chi connectivity index (χ4n) is 2.69. The second kappa shape index (κ2) is 5.81. The van der Waals surface area contributed by atoms with Crippen molar-refractivity contribution in [2.24, 2.45) is 0 Å². The van der Waals surface area contributed by atoms with Gasteiger partial charge in [0.15, 0.2) is 0 Å². The van der Waals surface area contributed by atoms with E-state index >= 15 is 0 Å². The number of benzene rings is 2. The molecule has 20 heavy (non-hydrogen) atoms. The molecule has 3 heteroatoms. The second-order valence-electron chi connectivity index (χ2n) is 5.34. The smallest absolute Gasteiger partial charge is 0.133 e. The topological polar surface area (TPSA) is 38.7 Å². The van der Waals surface area contributed by atoms with Crippen molar-refractivity contribution in [2.75, 3.05) is 13.2 Å². The first kappa shape index (κ1) is 13.4. The van der Waals surface area contributed by atoms with E-state index < -0.39 is 6.10 Å². The number of ether oxygens (including phenoxy) is 2. The van der Waals surface area contributed by atoms with Gasteiger partial charge in [-0.1, -0.05) is 36.4 Å². The van der Waals surface area contributed by atoms with Gasteiger partial charge in [-0.2, -0.15) is 0 Å². The lowest BCUT2D eigenvalue weighted by molar-refractivity contribution is 0.00683. The molecule has 1 unspecified atom stereocenters. The van der Waals surface area contributed by atoms with Crippen molar-refractivity contribution < 1.29 is 14.6 Å². The maximum Gasteiger partial charge on any atom is 0.133 e. The van der Waals surface area contributed by atoms with Crippen molar-refractivity contribution in [3.05, 3.63) is 42.0 Å². The quantitative estimate of drug-likeness (QED) is 0.930. The van der Waals surface area contributed by atoms with E-state index in [-0.39, 0.29) is 6.10 Å². The highest BCUT2D eigenvalue weighted by Crippen LogP contribution is 2.35. The minimum atomic E-state index is -0.542. The van der Waals surface area contributed by atoms with E-state index in [9.17, 15) is 5.11 Å². The number of aliphatic hydroxyl groups excluding tert-OH is 1. The van der Waals surface area contributed by atoms with Gasteiger partial charge < -0.3 is 14.6 Å². The monoisotopic (exact) mass is 272 g/mol. The van der Waals surface area contributed by atoms with Crippen LogP contribution in [0.5, 0.6) is 5.75 Å². The summed E-state index contributed by atoms with van der Waals surface area (Å²) in [5, 5.41) is 12.2. The first-order valence-electron chi connectivity index (χ1n) is 7.20. The Bertz CT molecular complexity index is 586. The SMILES string of the molecule is C[C@H](O)c1ccc2ccccc2c1OC1CCCOC1. The number of fused-ring (bicyclic) bond motifs is 1. The van der Waals surface area contributed by atoms with E-state index in [1.807, 2.05) is 30.3 Å². The Hall–Kier alpha value is -1.58. The fourth-order valence-corrected chi connectivity index (χ4v) is 2.69. The molecule has 3 nitrogen and oxygen atoms in total. The second-order valence-corrected chi connectivity index (χ2v) is 5.34. The van der Waals surface area contributed by atoms with Gasteiger partial charge in [0.05, 0.1) is 12.7 Å². The molecule has 1 N–H and O–H groups in total. The van der Waals surface area contributed by atoms with Crippen molar-refractivity contribution in [2.45, 2.75) is 32.0 Å². The summed E-state index contributed by atoms with van der Waals surface area (Å²) < 4.78 is 11.7. The van der Waals surface area contributed by atoms with Crippen LogP contribution in [-0.4, -0.2) is 24.4 Å². The average molecular weight is 272 g/mol. The molecule has 1 aliphatic rings. The molecule has 1 saturated heterocycles. The zero-order valence-electron chi connectivity index (χ0n) is 11.7. The van der Waals surface area contributed by atoms with E-state index in [4.69, 9.17) is 9.47 Å². The zero-order chi connectivity index (χ0) is 13.9. The highest BCUT2D eigenvalue weighted by atomic mass is 16.5. The minimum Gasteiger partial charge on any atom is -0.487 e. The van der Waals surface area contributed by atoms with Crippen LogP contribution in [0.2, 0.25) is 0 Å². The van der Waals surface area contributed by atoms with Gasteiger partial charge in [-0.25, -0.2) is 0 Å². The standard InChI is InChI=1S/C17H20O3/c1-12(18)15-9-8-13-5-2-3-7-16(13)17(15)20-14-6-4-10-19-11-14/h2-3,5,7-9,12,14,18H,4,6,10-11H2,1H3/t12-,14?/m0/s1. The summed E-state index contributed by atoms with van der Waals surface area (Å²) >= 11 is 0. The Balaban J connectivity index is 2.02. The van der Waals surface area contributed by atoms with Crippen LogP contribution in [-0.2, 0) is 4.74 Å². The number of hydrogen-bond donors (Lipinski definition) is 1. The summed E-state index contributed by atoms with van der Waals surface area (Å²) in [6, 6.07) is 12.1. The molecule has 0 aliphatic carbocycles. The van der Waals surface area contributed by atoms with E-state index in [1.165, 1.54) is 0 Å². The molecule has 1 fully saturated rings. The number of rotatable bonds is 3. The maximum absolute atomic E-state index is 9.98. The summed E-state index contributed by atoms with van der Waals surface area (Å²) in [6.45, 7) is 3.22. The Kier molecular flexibility index (Phi) is 3.90. The van der Waals surface area contributed by atoms with Gasteiger partial charge in [0.2, 0.25) is 0 Å². The third-order valence-corrected chi connectivity index (χ3v) is 3.76. The van der Waals surface area contributed by atoms with Crippen LogP contribution in [0.1, 0.15) is 31.4 Å². The van der Waals surface area contributed by atoms with Crippen LogP contribution < -0.4 is 4.74 Å². The van der Waals surface area contributed by atoms with Crippen molar-refractivity contribution in [1.29, 1.82) is 0 Å². The third kappa shape index (κ3) is 2.65. The highest BCUT2D eigenvalue weighted by Gasteiger charge is 2.20. The van der Waals surface area contributed by atoms with Crippen LogP contribution >= 0.6 is 0 Å². The lowest BCUT2D eigenvalue weighted by atomic mass is 10.0. The molecule has 1 heterocycles. The predicted octanol–water partition coefficient (Wildman–Crippen LogP) is 3.45. The Morgan fingerprint density at radius 3 is 2.85 bits per heavy atom. The van der Waals surface area contributed by atoms with Crippen LogP contribution in [0.25, 0.3) is 10.8 Å². The summed E-state index contributed by atoms with van der Waals surface area (Å²) in [7, 11) is 0. The Labute approximate surface area is 119 Å². The Morgan fingerprint density at radius 1 is 1.25 bits per heavy atom. The lowest BCUT2D eigenvalue weighted by Gasteiger charge is -2.26. The Morgan fingerprint density at radius 2 is 2.10 bits per heavy atom. The predicted molar refractivity (Wildman–Crippen MR) is 79.1 cm³/mol. The summed E-state index contributed by atoms with van der Waals surface area (Å²) in [4.78, 5) is 0. The van der Waals surface area contributed by atoms with Crippen molar-refractivity contribution in [1.82, 2.24) is 0 Å². The summed E-state index contributed by atoms with van der Waals surface area (Å²) in [6.07, 6.45) is 1.56. The molecule has 3 rings (SSSR count). The molecule has 0 aromatic heterocycles. The van der Waals surface area contributed by atoms with Gasteiger partial charge >= 0.3 is 0 Å². The minimum absolute atomic E-state index is 0.0760. The molecule has 0 amide bonds. The van der Waals surface area contributed by atoms with Crippen LogP contribution in [0.15, 0.2) is 36.4 Å². The van der Waals surface area contributed by atoms with E-state index in [1.54, 1.807) is 6.92 Å². The molecule has 0 bridgehead atoms. The first-order valence-corrected chi connectivity index (χ1v) is 7.20. The van der Waals surface area contributed by atoms with Crippen molar-refractivity contribution >= 4 is 10.8 Å².